The van der Waals surface area contributed by atoms with Crippen molar-refractivity contribution in [1.82, 2.24) is 15.2 Å². The first-order valence-corrected chi connectivity index (χ1v) is 9.08. The fourth-order valence-corrected chi connectivity index (χ4v) is 3.43. The van der Waals surface area contributed by atoms with Crippen molar-refractivity contribution in [2.75, 3.05) is 37.6 Å². The summed E-state index contributed by atoms with van der Waals surface area (Å²) in [7, 11) is 0. The van der Waals surface area contributed by atoms with E-state index >= 15 is 0 Å². The molecule has 9 heteroatoms. The Bertz CT molecular complexity index is 777. The summed E-state index contributed by atoms with van der Waals surface area (Å²) in [5.41, 5.74) is -0.240. The van der Waals surface area contributed by atoms with E-state index in [1.54, 1.807) is 22.4 Å². The normalized spacial score (nSPS) is 14.4. The third kappa shape index (κ3) is 4.34. The van der Waals surface area contributed by atoms with Crippen LogP contribution in [0.2, 0.25) is 0 Å². The molecule has 2 amide bonds. The van der Waals surface area contributed by atoms with Crippen molar-refractivity contribution in [3.63, 3.8) is 0 Å². The van der Waals surface area contributed by atoms with Gasteiger partial charge in [-0.25, -0.2) is 13.8 Å². The zero-order valence-corrected chi connectivity index (χ0v) is 14.8. The van der Waals surface area contributed by atoms with Gasteiger partial charge in [-0.15, -0.1) is 11.3 Å². The van der Waals surface area contributed by atoms with Crippen LogP contribution in [0.3, 0.4) is 0 Å². The van der Waals surface area contributed by atoms with E-state index in [2.05, 4.69) is 15.2 Å². The number of hydrogen-bond donors (Lipinski definition) is 1. The average Bonchev–Trinajstić information content (AvgIpc) is 3.16. The topological polar surface area (TPSA) is 65.5 Å². The Balaban J connectivity index is 1.42. The number of thiazole rings is 1. The minimum absolute atomic E-state index is 0.0660. The third-order valence-corrected chi connectivity index (χ3v) is 4.95. The zero-order chi connectivity index (χ0) is 18.5. The molecule has 0 radical (unpaired) electrons. The van der Waals surface area contributed by atoms with Crippen LogP contribution in [0.4, 0.5) is 13.9 Å². The Hall–Kier alpha value is -2.55. The van der Waals surface area contributed by atoms with Crippen LogP contribution < -0.4 is 10.2 Å². The van der Waals surface area contributed by atoms with Gasteiger partial charge in [-0.3, -0.25) is 9.59 Å². The number of carbonyl (C=O) groups excluding carboxylic acids is 2. The molecule has 1 saturated heterocycles. The molecule has 1 N–H and O–H groups in total. The molecule has 2 aromatic rings. The van der Waals surface area contributed by atoms with Crippen LogP contribution in [-0.4, -0.2) is 54.4 Å². The van der Waals surface area contributed by atoms with Crippen LogP contribution in [0.5, 0.6) is 0 Å². The number of piperazine rings is 1. The van der Waals surface area contributed by atoms with Gasteiger partial charge in [0.25, 0.3) is 5.91 Å². The van der Waals surface area contributed by atoms with Crippen molar-refractivity contribution in [1.29, 1.82) is 0 Å². The summed E-state index contributed by atoms with van der Waals surface area (Å²) in [5.74, 6) is -2.40. The molecule has 3 rings (SSSR count). The van der Waals surface area contributed by atoms with E-state index in [4.69, 9.17) is 0 Å². The molecule has 1 aliphatic heterocycles. The Morgan fingerprint density at radius 2 is 1.96 bits per heavy atom. The lowest BCUT2D eigenvalue weighted by atomic mass is 10.2. The number of benzene rings is 1. The van der Waals surface area contributed by atoms with Gasteiger partial charge in [-0.1, -0.05) is 0 Å². The fourth-order valence-electron chi connectivity index (χ4n) is 2.73. The number of amides is 2. The average molecular weight is 380 g/mol. The Kier molecular flexibility index (Phi) is 5.77. The molecule has 1 aromatic heterocycles. The number of carbonyl (C=O) groups is 2. The monoisotopic (exact) mass is 380 g/mol. The quantitative estimate of drug-likeness (QED) is 0.860. The van der Waals surface area contributed by atoms with Crippen molar-refractivity contribution < 1.29 is 18.4 Å². The van der Waals surface area contributed by atoms with Gasteiger partial charge >= 0.3 is 0 Å². The number of anilines is 1. The molecule has 1 aliphatic rings. The van der Waals surface area contributed by atoms with Gasteiger partial charge in [0, 0.05) is 56.8 Å². The van der Waals surface area contributed by atoms with E-state index in [-0.39, 0.29) is 24.4 Å². The predicted molar refractivity (Wildman–Crippen MR) is 94.2 cm³/mol. The van der Waals surface area contributed by atoms with Crippen molar-refractivity contribution in [2.24, 2.45) is 0 Å². The molecule has 0 spiro atoms. The summed E-state index contributed by atoms with van der Waals surface area (Å²) in [6.45, 7) is 2.72. The lowest BCUT2D eigenvalue weighted by Gasteiger charge is -2.34. The molecule has 6 nitrogen and oxygen atoms in total. The predicted octanol–water partition coefficient (Wildman–Crippen LogP) is 1.89. The summed E-state index contributed by atoms with van der Waals surface area (Å²) < 4.78 is 26.4. The minimum Gasteiger partial charge on any atom is -0.351 e. The Labute approximate surface area is 153 Å². The molecule has 0 bridgehead atoms. The molecule has 26 heavy (non-hydrogen) atoms. The SMILES string of the molecule is O=C(NCCC(=O)N1CCN(c2nccs2)CC1)c1ccc(F)cc1F. The number of halogens is 2. The number of nitrogens with zero attached hydrogens (tertiary/aromatic N) is 3. The van der Waals surface area contributed by atoms with Crippen molar-refractivity contribution in [2.45, 2.75) is 6.42 Å². The molecule has 0 aliphatic carbocycles. The van der Waals surface area contributed by atoms with Gasteiger partial charge in [0.15, 0.2) is 5.13 Å². The lowest BCUT2D eigenvalue weighted by Crippen LogP contribution is -2.49. The molecule has 1 fully saturated rings. The summed E-state index contributed by atoms with van der Waals surface area (Å²) in [4.78, 5) is 32.3. The van der Waals surface area contributed by atoms with Crippen LogP contribution in [0.25, 0.3) is 0 Å². The van der Waals surface area contributed by atoms with E-state index in [1.807, 2.05) is 5.38 Å². The largest absolute Gasteiger partial charge is 0.351 e. The zero-order valence-electron chi connectivity index (χ0n) is 14.0. The maximum atomic E-state index is 13.5. The third-order valence-electron chi connectivity index (χ3n) is 4.12. The van der Waals surface area contributed by atoms with Gasteiger partial charge < -0.3 is 15.1 Å². The molecular formula is C17H18F2N4O2S. The van der Waals surface area contributed by atoms with Crippen LogP contribution in [-0.2, 0) is 4.79 Å². The molecule has 1 aromatic carbocycles. The van der Waals surface area contributed by atoms with E-state index in [9.17, 15) is 18.4 Å². The maximum Gasteiger partial charge on any atom is 0.254 e. The first-order valence-electron chi connectivity index (χ1n) is 8.20. The first kappa shape index (κ1) is 18.2. The van der Waals surface area contributed by atoms with Gasteiger partial charge in [0.05, 0.1) is 5.56 Å². The molecule has 0 saturated carbocycles. The van der Waals surface area contributed by atoms with E-state index in [1.165, 1.54) is 0 Å². The second-order valence-electron chi connectivity index (χ2n) is 5.81. The number of hydrogen-bond acceptors (Lipinski definition) is 5. The molecule has 0 unspecified atom stereocenters. The van der Waals surface area contributed by atoms with E-state index in [0.717, 1.165) is 17.3 Å². The molecule has 0 atom stereocenters. The molecular weight excluding hydrogens is 362 g/mol. The van der Waals surface area contributed by atoms with Gasteiger partial charge in [-0.05, 0) is 12.1 Å². The highest BCUT2D eigenvalue weighted by Gasteiger charge is 2.22. The molecule has 138 valence electrons. The van der Waals surface area contributed by atoms with E-state index < -0.39 is 17.5 Å². The fraction of sp³-hybridized carbons (Fsp3) is 0.353. The van der Waals surface area contributed by atoms with Gasteiger partial charge in [0.1, 0.15) is 11.6 Å². The highest BCUT2D eigenvalue weighted by Crippen LogP contribution is 2.19. The van der Waals surface area contributed by atoms with Crippen molar-refractivity contribution in [3.8, 4) is 0 Å². The van der Waals surface area contributed by atoms with Gasteiger partial charge in [-0.2, -0.15) is 0 Å². The van der Waals surface area contributed by atoms with Crippen LogP contribution in [0.15, 0.2) is 29.8 Å². The number of rotatable bonds is 5. The first-order chi connectivity index (χ1) is 12.5. The van der Waals surface area contributed by atoms with Crippen molar-refractivity contribution in [3.05, 3.63) is 47.0 Å². The summed E-state index contributed by atoms with van der Waals surface area (Å²) in [6, 6.07) is 2.76. The van der Waals surface area contributed by atoms with Crippen molar-refractivity contribution >= 4 is 28.3 Å². The Morgan fingerprint density at radius 1 is 1.19 bits per heavy atom. The summed E-state index contributed by atoms with van der Waals surface area (Å²) in [6.07, 6.45) is 1.88. The second-order valence-corrected chi connectivity index (χ2v) is 6.69. The maximum absolute atomic E-state index is 13.5. The number of aromatic nitrogens is 1. The summed E-state index contributed by atoms with van der Waals surface area (Å²) in [5, 5.41) is 5.36. The van der Waals surface area contributed by atoms with Crippen LogP contribution >= 0.6 is 11.3 Å². The highest BCUT2D eigenvalue weighted by atomic mass is 32.1. The highest BCUT2D eigenvalue weighted by molar-refractivity contribution is 7.13. The Morgan fingerprint density at radius 3 is 2.62 bits per heavy atom. The second kappa shape index (κ2) is 8.22. The minimum atomic E-state index is -0.924. The van der Waals surface area contributed by atoms with Gasteiger partial charge in [0.2, 0.25) is 5.91 Å². The summed E-state index contributed by atoms with van der Waals surface area (Å²) >= 11 is 1.57. The van der Waals surface area contributed by atoms with Crippen LogP contribution in [0, 0.1) is 11.6 Å². The van der Waals surface area contributed by atoms with Crippen LogP contribution in [0.1, 0.15) is 16.8 Å². The van der Waals surface area contributed by atoms with E-state index in [0.29, 0.717) is 32.2 Å². The number of nitrogens with one attached hydrogen (secondary N) is 1. The standard InChI is InChI=1S/C17H18F2N4O2S/c18-12-1-2-13(14(19)11-12)16(25)20-4-3-15(24)22-6-8-23(9-7-22)17-21-5-10-26-17/h1-2,5,10-11H,3-4,6-9H2,(H,20,25). The lowest BCUT2D eigenvalue weighted by molar-refractivity contribution is -0.131. The molecule has 2 heterocycles. The smallest absolute Gasteiger partial charge is 0.254 e.